The van der Waals surface area contributed by atoms with Gasteiger partial charge in [-0.2, -0.15) is 5.10 Å². The van der Waals surface area contributed by atoms with Gasteiger partial charge in [-0.05, 0) is 25.0 Å². The summed E-state index contributed by atoms with van der Waals surface area (Å²) in [6, 6.07) is 9.98. The summed E-state index contributed by atoms with van der Waals surface area (Å²) in [6.45, 7) is 4.11. The van der Waals surface area contributed by atoms with Gasteiger partial charge < -0.3 is 5.32 Å². The maximum absolute atomic E-state index is 12.1. The van der Waals surface area contributed by atoms with Crippen molar-refractivity contribution in [1.82, 2.24) is 15.1 Å². The van der Waals surface area contributed by atoms with Crippen LogP contribution in [0.3, 0.4) is 0 Å². The van der Waals surface area contributed by atoms with Gasteiger partial charge in [-0.1, -0.05) is 36.8 Å². The fourth-order valence-corrected chi connectivity index (χ4v) is 1.99. The monoisotopic (exact) mass is 257 g/mol. The number of aryl methyl sites for hydroxylation is 2. The third kappa shape index (κ3) is 3.22. The lowest BCUT2D eigenvalue weighted by Gasteiger charge is -2.17. The van der Waals surface area contributed by atoms with E-state index in [0.717, 1.165) is 12.0 Å². The van der Waals surface area contributed by atoms with Gasteiger partial charge in [0.15, 0.2) is 0 Å². The number of aromatic nitrogens is 2. The smallest absolute Gasteiger partial charge is 0.272 e. The summed E-state index contributed by atoms with van der Waals surface area (Å²) < 4.78 is 1.63. The van der Waals surface area contributed by atoms with Crippen LogP contribution in [0.2, 0.25) is 0 Å². The molecule has 0 spiro atoms. The van der Waals surface area contributed by atoms with Crippen molar-refractivity contribution in [3.63, 3.8) is 0 Å². The first-order valence-corrected chi connectivity index (χ1v) is 6.47. The molecule has 0 radical (unpaired) electrons. The largest absolute Gasteiger partial charge is 0.344 e. The van der Waals surface area contributed by atoms with Gasteiger partial charge in [-0.25, -0.2) is 0 Å². The Balaban J connectivity index is 2.11. The van der Waals surface area contributed by atoms with E-state index in [4.69, 9.17) is 0 Å². The minimum Gasteiger partial charge on any atom is -0.344 e. The van der Waals surface area contributed by atoms with Crippen LogP contribution in [0.1, 0.15) is 41.0 Å². The number of carbonyl (C=O) groups is 1. The van der Waals surface area contributed by atoms with E-state index in [0.29, 0.717) is 5.69 Å². The molecule has 2 aromatic rings. The van der Waals surface area contributed by atoms with Crippen molar-refractivity contribution < 1.29 is 4.79 Å². The zero-order valence-corrected chi connectivity index (χ0v) is 11.6. The Bertz CT molecular complexity index is 557. The molecule has 0 aliphatic carbocycles. The minimum atomic E-state index is -0.131. The molecular weight excluding hydrogens is 238 g/mol. The third-order valence-electron chi connectivity index (χ3n) is 3.14. The van der Waals surface area contributed by atoms with Crippen molar-refractivity contribution in [2.24, 2.45) is 7.05 Å². The van der Waals surface area contributed by atoms with Gasteiger partial charge in [0.25, 0.3) is 5.91 Å². The fraction of sp³-hybridized carbons (Fsp3) is 0.333. The molecule has 1 amide bonds. The lowest BCUT2D eigenvalue weighted by Crippen LogP contribution is -2.28. The molecule has 0 saturated carbocycles. The average molecular weight is 257 g/mol. The first-order chi connectivity index (χ1) is 9.10. The SMILES string of the molecule is CCC(NC(=O)c1ccn(C)n1)c1ccc(C)cc1. The van der Waals surface area contributed by atoms with E-state index < -0.39 is 0 Å². The molecule has 100 valence electrons. The normalized spacial score (nSPS) is 12.2. The molecule has 1 aromatic heterocycles. The van der Waals surface area contributed by atoms with Gasteiger partial charge in [0, 0.05) is 13.2 Å². The van der Waals surface area contributed by atoms with Crippen LogP contribution < -0.4 is 5.32 Å². The highest BCUT2D eigenvalue weighted by Crippen LogP contribution is 2.17. The summed E-state index contributed by atoms with van der Waals surface area (Å²) in [5.41, 5.74) is 2.79. The number of rotatable bonds is 4. The molecule has 2 rings (SSSR count). The Morgan fingerprint density at radius 3 is 2.53 bits per heavy atom. The Labute approximate surface area is 113 Å². The van der Waals surface area contributed by atoms with Crippen LogP contribution in [-0.4, -0.2) is 15.7 Å². The Hall–Kier alpha value is -2.10. The van der Waals surface area contributed by atoms with E-state index in [1.807, 2.05) is 0 Å². The lowest BCUT2D eigenvalue weighted by molar-refractivity contribution is 0.0930. The number of hydrogen-bond acceptors (Lipinski definition) is 2. The predicted molar refractivity (Wildman–Crippen MR) is 74.9 cm³/mol. The van der Waals surface area contributed by atoms with Crippen molar-refractivity contribution in [3.8, 4) is 0 Å². The molecule has 0 fully saturated rings. The van der Waals surface area contributed by atoms with E-state index in [9.17, 15) is 4.79 Å². The molecule has 1 heterocycles. The van der Waals surface area contributed by atoms with Crippen molar-refractivity contribution in [2.75, 3.05) is 0 Å². The number of carbonyl (C=O) groups excluding carboxylic acids is 1. The van der Waals surface area contributed by atoms with Gasteiger partial charge in [-0.3, -0.25) is 9.48 Å². The second-order valence-electron chi connectivity index (χ2n) is 4.72. The van der Waals surface area contributed by atoms with Gasteiger partial charge >= 0.3 is 0 Å². The topological polar surface area (TPSA) is 46.9 Å². The first kappa shape index (κ1) is 13.3. The van der Waals surface area contributed by atoms with E-state index in [-0.39, 0.29) is 11.9 Å². The molecule has 1 aromatic carbocycles. The van der Waals surface area contributed by atoms with Gasteiger partial charge in [0.2, 0.25) is 0 Å². The maximum atomic E-state index is 12.1. The number of nitrogens with zero attached hydrogens (tertiary/aromatic N) is 2. The Morgan fingerprint density at radius 2 is 2.00 bits per heavy atom. The van der Waals surface area contributed by atoms with Crippen LogP contribution in [0.5, 0.6) is 0 Å². The number of benzene rings is 1. The molecule has 4 nitrogen and oxygen atoms in total. The van der Waals surface area contributed by atoms with E-state index in [1.165, 1.54) is 5.56 Å². The van der Waals surface area contributed by atoms with Crippen molar-refractivity contribution in [3.05, 3.63) is 53.3 Å². The summed E-state index contributed by atoms with van der Waals surface area (Å²) in [7, 11) is 1.80. The summed E-state index contributed by atoms with van der Waals surface area (Å²) in [5.74, 6) is -0.131. The van der Waals surface area contributed by atoms with Crippen LogP contribution in [0.25, 0.3) is 0 Å². The molecule has 4 heteroatoms. The standard InChI is InChI=1S/C15H19N3O/c1-4-13(12-7-5-11(2)6-8-12)16-15(19)14-9-10-18(3)17-14/h5-10,13H,4H2,1-3H3,(H,16,19). The summed E-state index contributed by atoms with van der Waals surface area (Å²) in [6.07, 6.45) is 2.61. The molecule has 0 saturated heterocycles. The summed E-state index contributed by atoms with van der Waals surface area (Å²) in [4.78, 5) is 12.1. The fourth-order valence-electron chi connectivity index (χ4n) is 1.99. The van der Waals surface area contributed by atoms with Crippen molar-refractivity contribution in [2.45, 2.75) is 26.3 Å². The molecule has 1 N–H and O–H groups in total. The van der Waals surface area contributed by atoms with E-state index in [1.54, 1.807) is 24.0 Å². The predicted octanol–water partition coefficient (Wildman–Crippen LogP) is 2.61. The van der Waals surface area contributed by atoms with Crippen molar-refractivity contribution >= 4 is 5.91 Å². The van der Waals surface area contributed by atoms with Crippen LogP contribution in [0.15, 0.2) is 36.5 Å². The average Bonchev–Trinajstić information content (AvgIpc) is 2.84. The summed E-state index contributed by atoms with van der Waals surface area (Å²) >= 11 is 0. The summed E-state index contributed by atoms with van der Waals surface area (Å²) in [5, 5.41) is 7.13. The van der Waals surface area contributed by atoms with Crippen molar-refractivity contribution in [1.29, 1.82) is 0 Å². The second kappa shape index (κ2) is 5.69. The molecule has 1 atom stereocenters. The lowest BCUT2D eigenvalue weighted by atomic mass is 10.0. The minimum absolute atomic E-state index is 0.0232. The molecule has 1 unspecified atom stereocenters. The highest BCUT2D eigenvalue weighted by Gasteiger charge is 2.15. The number of amides is 1. The molecular formula is C15H19N3O. The van der Waals surface area contributed by atoms with Gasteiger partial charge in [0.1, 0.15) is 5.69 Å². The van der Waals surface area contributed by atoms with Crippen LogP contribution in [-0.2, 0) is 7.05 Å². The number of nitrogens with one attached hydrogen (secondary N) is 1. The quantitative estimate of drug-likeness (QED) is 0.915. The van der Waals surface area contributed by atoms with Gasteiger partial charge in [0.05, 0.1) is 6.04 Å². The highest BCUT2D eigenvalue weighted by molar-refractivity contribution is 5.92. The van der Waals surface area contributed by atoms with Crippen LogP contribution in [0, 0.1) is 6.92 Å². The zero-order valence-electron chi connectivity index (χ0n) is 11.6. The third-order valence-corrected chi connectivity index (χ3v) is 3.14. The second-order valence-corrected chi connectivity index (χ2v) is 4.72. The molecule has 19 heavy (non-hydrogen) atoms. The Kier molecular flexibility index (Phi) is 4.00. The molecule has 0 bridgehead atoms. The van der Waals surface area contributed by atoms with Crippen LogP contribution in [0.4, 0.5) is 0 Å². The molecule has 0 aliphatic heterocycles. The molecule has 0 aliphatic rings. The van der Waals surface area contributed by atoms with E-state index in [2.05, 4.69) is 48.5 Å². The Morgan fingerprint density at radius 1 is 1.32 bits per heavy atom. The van der Waals surface area contributed by atoms with E-state index >= 15 is 0 Å². The first-order valence-electron chi connectivity index (χ1n) is 6.47. The highest BCUT2D eigenvalue weighted by atomic mass is 16.2. The maximum Gasteiger partial charge on any atom is 0.272 e. The zero-order chi connectivity index (χ0) is 13.8. The van der Waals surface area contributed by atoms with Crippen LogP contribution >= 0.6 is 0 Å². The van der Waals surface area contributed by atoms with Gasteiger partial charge in [-0.15, -0.1) is 0 Å². The number of hydrogen-bond donors (Lipinski definition) is 1.